The van der Waals surface area contributed by atoms with Crippen LogP contribution in [0.25, 0.3) is 0 Å². The lowest BCUT2D eigenvalue weighted by Gasteiger charge is -2.21. The van der Waals surface area contributed by atoms with E-state index >= 15 is 0 Å². The van der Waals surface area contributed by atoms with Gasteiger partial charge in [0.05, 0.1) is 7.11 Å². The van der Waals surface area contributed by atoms with Crippen LogP contribution in [0.4, 0.5) is 4.39 Å². The van der Waals surface area contributed by atoms with Gasteiger partial charge in [0.15, 0.2) is 11.6 Å². The summed E-state index contributed by atoms with van der Waals surface area (Å²) < 4.78 is 41.3. The fourth-order valence-electron chi connectivity index (χ4n) is 1.49. The van der Waals surface area contributed by atoms with Gasteiger partial charge in [-0.2, -0.15) is 0 Å². The summed E-state index contributed by atoms with van der Waals surface area (Å²) in [6.45, 7) is 5.22. The Labute approximate surface area is 121 Å². The zero-order valence-electron chi connectivity index (χ0n) is 11.5. The van der Waals surface area contributed by atoms with E-state index in [1.165, 1.54) is 0 Å². The van der Waals surface area contributed by atoms with Crippen molar-refractivity contribution in [2.45, 2.75) is 31.2 Å². The number of benzene rings is 1. The Morgan fingerprint density at radius 3 is 2.30 bits per heavy atom. The first-order chi connectivity index (χ1) is 8.95. The highest BCUT2D eigenvalue weighted by Crippen LogP contribution is 2.31. The molecule has 0 spiro atoms. The van der Waals surface area contributed by atoms with Crippen LogP contribution in [0.15, 0.2) is 17.0 Å². The Hall–Kier alpha value is -1.34. The Kier molecular flexibility index (Phi) is 4.66. The Bertz CT molecular complexity index is 638. The van der Waals surface area contributed by atoms with E-state index in [1.807, 2.05) is 0 Å². The zero-order valence-corrected chi connectivity index (χ0v) is 13.0. The molecule has 0 heterocycles. The van der Waals surface area contributed by atoms with Gasteiger partial charge in [-0.05, 0) is 32.9 Å². The lowest BCUT2D eigenvalue weighted by Crippen LogP contribution is -2.40. The van der Waals surface area contributed by atoms with E-state index < -0.39 is 37.0 Å². The van der Waals surface area contributed by atoms with Crippen molar-refractivity contribution in [3.63, 3.8) is 0 Å². The first kappa shape index (κ1) is 16.7. The van der Waals surface area contributed by atoms with Gasteiger partial charge in [0.1, 0.15) is 4.90 Å². The molecule has 0 aromatic heterocycles. The molecule has 5 nitrogen and oxygen atoms in total. The quantitative estimate of drug-likeness (QED) is 0.866. The second-order valence-corrected chi connectivity index (χ2v) is 7.67. The first-order valence-corrected chi connectivity index (χ1v) is 7.91. The summed E-state index contributed by atoms with van der Waals surface area (Å²) in [5, 5.41) is 2.59. The Morgan fingerprint density at radius 2 is 1.90 bits per heavy atom. The molecule has 20 heavy (non-hydrogen) atoms. The first-order valence-electron chi connectivity index (χ1n) is 5.60. The second kappa shape index (κ2) is 5.57. The topological polar surface area (TPSA) is 72.5 Å². The number of carbonyl (C=O) groups is 1. The normalized spacial score (nSPS) is 12.1. The molecule has 0 fully saturated rings. The van der Waals surface area contributed by atoms with Crippen molar-refractivity contribution in [1.29, 1.82) is 0 Å². The Balaban J connectivity index is 3.39. The minimum absolute atomic E-state index is 0.155. The number of hydrogen-bond acceptors (Lipinski definition) is 4. The van der Waals surface area contributed by atoms with E-state index in [-0.39, 0.29) is 5.56 Å². The molecule has 1 aromatic rings. The molecular formula is C12H15ClFNO4S. The number of methoxy groups -OCH3 is 1. The SMILES string of the molecule is COc1c(F)cc(C(=O)NC(C)(C)C)cc1S(=O)(=O)Cl. The van der Waals surface area contributed by atoms with Crippen LogP contribution in [0.2, 0.25) is 0 Å². The standard InChI is InChI=1S/C12H15ClFNO4S/c1-12(2,3)15-11(16)7-5-8(14)10(19-4)9(6-7)20(13,17)18/h5-6H,1-4H3,(H,15,16). The van der Waals surface area contributed by atoms with Crippen LogP contribution in [0.1, 0.15) is 31.1 Å². The van der Waals surface area contributed by atoms with Gasteiger partial charge in [0.2, 0.25) is 0 Å². The third-order valence-electron chi connectivity index (χ3n) is 2.23. The molecule has 0 aliphatic rings. The van der Waals surface area contributed by atoms with E-state index in [0.717, 1.165) is 19.2 Å². The highest BCUT2D eigenvalue weighted by molar-refractivity contribution is 8.13. The van der Waals surface area contributed by atoms with Crippen molar-refractivity contribution >= 4 is 25.6 Å². The van der Waals surface area contributed by atoms with Gasteiger partial charge < -0.3 is 10.1 Å². The molecule has 0 aliphatic carbocycles. The predicted octanol–water partition coefficient (Wildman–Crippen LogP) is 2.29. The fourth-order valence-corrected chi connectivity index (χ4v) is 2.51. The number of halogens is 2. The van der Waals surface area contributed by atoms with Gasteiger partial charge in [0.25, 0.3) is 15.0 Å². The summed E-state index contributed by atoms with van der Waals surface area (Å²) in [5.41, 5.74) is -0.703. The van der Waals surface area contributed by atoms with Gasteiger partial charge >= 0.3 is 0 Å². The number of hydrogen-bond donors (Lipinski definition) is 1. The van der Waals surface area contributed by atoms with E-state index in [2.05, 4.69) is 10.1 Å². The average Bonchev–Trinajstić information content (AvgIpc) is 2.24. The molecule has 0 saturated heterocycles. The third-order valence-corrected chi connectivity index (χ3v) is 3.55. The third kappa shape index (κ3) is 4.08. The van der Waals surface area contributed by atoms with E-state index in [1.54, 1.807) is 20.8 Å². The smallest absolute Gasteiger partial charge is 0.265 e. The minimum Gasteiger partial charge on any atom is -0.492 e. The van der Waals surface area contributed by atoms with Crippen LogP contribution in [0, 0.1) is 5.82 Å². The summed E-state index contributed by atoms with van der Waals surface area (Å²) in [4.78, 5) is 11.4. The average molecular weight is 324 g/mol. The molecule has 1 rings (SSSR count). The summed E-state index contributed by atoms with van der Waals surface area (Å²) in [6, 6.07) is 1.87. The molecule has 1 amide bonds. The maximum Gasteiger partial charge on any atom is 0.265 e. The highest BCUT2D eigenvalue weighted by atomic mass is 35.7. The highest BCUT2D eigenvalue weighted by Gasteiger charge is 2.24. The second-order valence-electron chi connectivity index (χ2n) is 5.13. The van der Waals surface area contributed by atoms with Crippen molar-refractivity contribution in [2.24, 2.45) is 0 Å². The summed E-state index contributed by atoms with van der Waals surface area (Å²) in [5.74, 6) is -2.11. The predicted molar refractivity (Wildman–Crippen MR) is 73.2 cm³/mol. The summed E-state index contributed by atoms with van der Waals surface area (Å²) >= 11 is 0. The lowest BCUT2D eigenvalue weighted by atomic mass is 10.1. The number of amides is 1. The molecule has 0 unspecified atom stereocenters. The van der Waals surface area contributed by atoms with Crippen LogP contribution in [-0.4, -0.2) is 27.0 Å². The van der Waals surface area contributed by atoms with Crippen molar-refractivity contribution in [3.05, 3.63) is 23.5 Å². The number of rotatable bonds is 3. The van der Waals surface area contributed by atoms with Gasteiger partial charge in [-0.15, -0.1) is 0 Å². The van der Waals surface area contributed by atoms with Crippen LogP contribution in [-0.2, 0) is 9.05 Å². The van der Waals surface area contributed by atoms with Crippen LogP contribution in [0.3, 0.4) is 0 Å². The number of ether oxygens (including phenoxy) is 1. The van der Waals surface area contributed by atoms with Crippen LogP contribution >= 0.6 is 10.7 Å². The van der Waals surface area contributed by atoms with E-state index in [9.17, 15) is 17.6 Å². The van der Waals surface area contributed by atoms with Crippen molar-refractivity contribution in [3.8, 4) is 5.75 Å². The fraction of sp³-hybridized carbons (Fsp3) is 0.417. The minimum atomic E-state index is -4.24. The van der Waals surface area contributed by atoms with Gasteiger partial charge in [0, 0.05) is 21.8 Å². The summed E-state index contributed by atoms with van der Waals surface area (Å²) in [7, 11) is 2.09. The molecule has 8 heteroatoms. The summed E-state index contributed by atoms with van der Waals surface area (Å²) in [6.07, 6.45) is 0. The lowest BCUT2D eigenvalue weighted by molar-refractivity contribution is 0.0918. The van der Waals surface area contributed by atoms with Crippen molar-refractivity contribution in [1.82, 2.24) is 5.32 Å². The van der Waals surface area contributed by atoms with Crippen LogP contribution < -0.4 is 10.1 Å². The van der Waals surface area contributed by atoms with Gasteiger partial charge in [-0.3, -0.25) is 4.79 Å². The Morgan fingerprint density at radius 1 is 1.35 bits per heavy atom. The van der Waals surface area contributed by atoms with Gasteiger partial charge in [-0.1, -0.05) is 0 Å². The number of carbonyl (C=O) groups excluding carboxylic acids is 1. The molecule has 1 N–H and O–H groups in total. The molecule has 0 aliphatic heterocycles. The molecule has 112 valence electrons. The van der Waals surface area contributed by atoms with Gasteiger partial charge in [-0.25, -0.2) is 12.8 Å². The maximum atomic E-state index is 13.8. The van der Waals surface area contributed by atoms with Crippen LogP contribution in [0.5, 0.6) is 5.75 Å². The van der Waals surface area contributed by atoms with E-state index in [0.29, 0.717) is 0 Å². The monoisotopic (exact) mass is 323 g/mol. The largest absolute Gasteiger partial charge is 0.492 e. The molecular weight excluding hydrogens is 309 g/mol. The van der Waals surface area contributed by atoms with E-state index in [4.69, 9.17) is 10.7 Å². The molecule has 1 aromatic carbocycles. The zero-order chi connectivity index (χ0) is 15.7. The molecule has 0 bridgehead atoms. The molecule has 0 saturated carbocycles. The number of nitrogens with one attached hydrogen (secondary N) is 1. The maximum absolute atomic E-state index is 13.8. The molecule has 0 atom stereocenters. The van der Waals surface area contributed by atoms with Crippen molar-refractivity contribution < 1.29 is 22.3 Å². The molecule has 0 radical (unpaired) electrons. The van der Waals surface area contributed by atoms with Crippen molar-refractivity contribution in [2.75, 3.05) is 7.11 Å².